The zero-order chi connectivity index (χ0) is 14.7. The number of hydrogen-bond acceptors (Lipinski definition) is 2. The fraction of sp³-hybridized carbons (Fsp3) is 0.941. The van der Waals surface area contributed by atoms with Crippen LogP contribution in [0.4, 0.5) is 0 Å². The van der Waals surface area contributed by atoms with Gasteiger partial charge in [-0.1, -0.05) is 52.4 Å². The number of carbonyl (C=O) groups excluding carboxylic acids is 1. The Balaban J connectivity index is 2.21. The average molecular weight is 282 g/mol. The first-order chi connectivity index (χ1) is 9.75. The third kappa shape index (κ3) is 5.82. The first-order valence-electron chi connectivity index (χ1n) is 8.74. The molecule has 1 amide bonds. The number of rotatable bonds is 10. The molecule has 1 rings (SSSR count). The monoisotopic (exact) mass is 282 g/mol. The summed E-state index contributed by atoms with van der Waals surface area (Å²) in [7, 11) is 0. The van der Waals surface area contributed by atoms with E-state index in [0.29, 0.717) is 5.91 Å². The van der Waals surface area contributed by atoms with Crippen molar-refractivity contribution in [3.63, 3.8) is 0 Å². The number of carbonyl (C=O) groups is 1. The molecule has 1 atom stereocenters. The maximum absolute atomic E-state index is 12.5. The molecule has 3 heteroatoms. The van der Waals surface area contributed by atoms with Crippen LogP contribution < -0.4 is 10.6 Å². The van der Waals surface area contributed by atoms with Gasteiger partial charge in [-0.2, -0.15) is 0 Å². The van der Waals surface area contributed by atoms with Gasteiger partial charge in [-0.25, -0.2) is 0 Å². The van der Waals surface area contributed by atoms with Crippen molar-refractivity contribution in [2.24, 2.45) is 5.41 Å². The molecule has 2 N–H and O–H groups in total. The quantitative estimate of drug-likeness (QED) is 0.601. The lowest BCUT2D eigenvalue weighted by molar-refractivity contribution is -0.132. The maximum atomic E-state index is 12.5. The summed E-state index contributed by atoms with van der Waals surface area (Å²) in [6.45, 7) is 7.21. The summed E-state index contributed by atoms with van der Waals surface area (Å²) in [5.41, 5.74) is -0.130. The van der Waals surface area contributed by atoms with Crippen LogP contribution in [0.15, 0.2) is 0 Å². The zero-order valence-corrected chi connectivity index (χ0v) is 13.6. The van der Waals surface area contributed by atoms with Crippen molar-refractivity contribution >= 4 is 5.91 Å². The molecular weight excluding hydrogens is 248 g/mol. The van der Waals surface area contributed by atoms with Crippen LogP contribution in [0.1, 0.15) is 78.1 Å². The molecule has 0 spiro atoms. The standard InChI is InChI=1S/C17H34N2O/c1-3-5-6-7-8-9-14-19-16(20)17(11-4-2)12-10-13-18-15-17/h18H,3-15H2,1-2H3,(H,19,20). The summed E-state index contributed by atoms with van der Waals surface area (Å²) in [6, 6.07) is 0. The molecule has 1 fully saturated rings. The van der Waals surface area contributed by atoms with E-state index in [9.17, 15) is 4.79 Å². The predicted octanol–water partition coefficient (Wildman–Crippen LogP) is 3.63. The highest BCUT2D eigenvalue weighted by Gasteiger charge is 2.38. The second-order valence-electron chi connectivity index (χ2n) is 6.33. The van der Waals surface area contributed by atoms with Gasteiger partial charge >= 0.3 is 0 Å². The Morgan fingerprint density at radius 3 is 2.50 bits per heavy atom. The highest BCUT2D eigenvalue weighted by Crippen LogP contribution is 2.31. The SMILES string of the molecule is CCCCCCCCNC(=O)C1(CCC)CCCNC1. The van der Waals surface area contributed by atoms with Crippen LogP contribution in [0.25, 0.3) is 0 Å². The van der Waals surface area contributed by atoms with E-state index in [2.05, 4.69) is 24.5 Å². The summed E-state index contributed by atoms with van der Waals surface area (Å²) in [5.74, 6) is 0.292. The molecule has 1 unspecified atom stereocenters. The van der Waals surface area contributed by atoms with Crippen molar-refractivity contribution in [2.45, 2.75) is 78.1 Å². The Bertz CT molecular complexity index is 254. The number of hydrogen-bond donors (Lipinski definition) is 2. The Kier molecular flexibility index (Phi) is 8.92. The summed E-state index contributed by atoms with van der Waals surface area (Å²) >= 11 is 0. The van der Waals surface area contributed by atoms with Crippen LogP contribution in [-0.4, -0.2) is 25.5 Å². The van der Waals surface area contributed by atoms with Gasteiger partial charge in [0.05, 0.1) is 5.41 Å². The Morgan fingerprint density at radius 1 is 1.10 bits per heavy atom. The van der Waals surface area contributed by atoms with Crippen LogP contribution in [0.5, 0.6) is 0 Å². The van der Waals surface area contributed by atoms with E-state index in [1.165, 1.54) is 32.1 Å². The molecule has 3 nitrogen and oxygen atoms in total. The van der Waals surface area contributed by atoms with Gasteiger partial charge in [-0.3, -0.25) is 4.79 Å². The molecule has 1 saturated heterocycles. The number of nitrogens with one attached hydrogen (secondary N) is 2. The minimum absolute atomic E-state index is 0.130. The van der Waals surface area contributed by atoms with Crippen molar-refractivity contribution in [3.8, 4) is 0 Å². The summed E-state index contributed by atoms with van der Waals surface area (Å²) in [6.07, 6.45) is 12.0. The van der Waals surface area contributed by atoms with E-state index in [-0.39, 0.29) is 5.41 Å². The van der Waals surface area contributed by atoms with Crippen LogP contribution in [-0.2, 0) is 4.79 Å². The van der Waals surface area contributed by atoms with Crippen LogP contribution in [0, 0.1) is 5.41 Å². The highest BCUT2D eigenvalue weighted by molar-refractivity contribution is 5.83. The van der Waals surface area contributed by atoms with Crippen molar-refractivity contribution in [2.75, 3.05) is 19.6 Å². The second-order valence-corrected chi connectivity index (χ2v) is 6.33. The third-order valence-electron chi connectivity index (χ3n) is 4.50. The van der Waals surface area contributed by atoms with Crippen molar-refractivity contribution < 1.29 is 4.79 Å². The lowest BCUT2D eigenvalue weighted by Crippen LogP contribution is -2.50. The molecule has 118 valence electrons. The highest BCUT2D eigenvalue weighted by atomic mass is 16.2. The van der Waals surface area contributed by atoms with E-state index in [1.807, 2.05) is 0 Å². The van der Waals surface area contributed by atoms with Crippen LogP contribution >= 0.6 is 0 Å². The Labute approximate surface area is 125 Å². The van der Waals surface area contributed by atoms with E-state index in [1.54, 1.807) is 0 Å². The van der Waals surface area contributed by atoms with Gasteiger partial charge in [-0.15, -0.1) is 0 Å². The molecule has 0 aromatic rings. The molecule has 0 bridgehead atoms. The van der Waals surface area contributed by atoms with Crippen molar-refractivity contribution in [1.82, 2.24) is 10.6 Å². The molecule has 0 radical (unpaired) electrons. The lowest BCUT2D eigenvalue weighted by Gasteiger charge is -2.36. The van der Waals surface area contributed by atoms with Crippen LogP contribution in [0.3, 0.4) is 0 Å². The van der Waals surface area contributed by atoms with Gasteiger partial charge in [-0.05, 0) is 32.2 Å². The fourth-order valence-corrected chi connectivity index (χ4v) is 3.26. The second kappa shape index (κ2) is 10.2. The molecule has 20 heavy (non-hydrogen) atoms. The normalized spacial score (nSPS) is 22.7. The molecule has 0 aliphatic carbocycles. The van der Waals surface area contributed by atoms with E-state index >= 15 is 0 Å². The number of piperidine rings is 1. The molecule has 0 aromatic carbocycles. The largest absolute Gasteiger partial charge is 0.356 e. The Hall–Kier alpha value is -0.570. The van der Waals surface area contributed by atoms with Gasteiger partial charge in [0, 0.05) is 13.1 Å². The van der Waals surface area contributed by atoms with Gasteiger partial charge in [0.1, 0.15) is 0 Å². The van der Waals surface area contributed by atoms with E-state index in [4.69, 9.17) is 0 Å². The predicted molar refractivity (Wildman–Crippen MR) is 85.8 cm³/mol. The fourth-order valence-electron chi connectivity index (χ4n) is 3.26. The molecule has 1 aliphatic heterocycles. The van der Waals surface area contributed by atoms with Crippen molar-refractivity contribution in [1.29, 1.82) is 0 Å². The van der Waals surface area contributed by atoms with E-state index < -0.39 is 0 Å². The molecular formula is C17H34N2O. The number of amides is 1. The molecule has 0 aromatic heterocycles. The summed E-state index contributed by atoms with van der Waals surface area (Å²) in [5, 5.41) is 6.60. The van der Waals surface area contributed by atoms with Gasteiger partial charge in [0.2, 0.25) is 5.91 Å². The third-order valence-corrected chi connectivity index (χ3v) is 4.50. The average Bonchev–Trinajstić information content (AvgIpc) is 2.47. The summed E-state index contributed by atoms with van der Waals surface area (Å²) in [4.78, 5) is 12.5. The lowest BCUT2D eigenvalue weighted by atomic mass is 9.76. The minimum atomic E-state index is -0.130. The number of unbranched alkanes of at least 4 members (excludes halogenated alkanes) is 5. The smallest absolute Gasteiger partial charge is 0.227 e. The topological polar surface area (TPSA) is 41.1 Å². The molecule has 1 aliphatic rings. The Morgan fingerprint density at radius 2 is 1.85 bits per heavy atom. The van der Waals surface area contributed by atoms with Gasteiger partial charge < -0.3 is 10.6 Å². The van der Waals surface area contributed by atoms with Crippen LogP contribution in [0.2, 0.25) is 0 Å². The zero-order valence-electron chi connectivity index (χ0n) is 13.6. The first-order valence-corrected chi connectivity index (χ1v) is 8.74. The van der Waals surface area contributed by atoms with E-state index in [0.717, 1.165) is 51.7 Å². The summed E-state index contributed by atoms with van der Waals surface area (Å²) < 4.78 is 0. The van der Waals surface area contributed by atoms with Crippen molar-refractivity contribution in [3.05, 3.63) is 0 Å². The first kappa shape index (κ1) is 17.5. The van der Waals surface area contributed by atoms with Gasteiger partial charge in [0.25, 0.3) is 0 Å². The molecule has 1 heterocycles. The minimum Gasteiger partial charge on any atom is -0.356 e. The van der Waals surface area contributed by atoms with Gasteiger partial charge in [0.15, 0.2) is 0 Å². The maximum Gasteiger partial charge on any atom is 0.227 e. The molecule has 0 saturated carbocycles.